The highest BCUT2D eigenvalue weighted by Gasteiger charge is 2.27. The molecule has 2 rings (SSSR count). The molecule has 4 heteroatoms. The van der Waals surface area contributed by atoms with Gasteiger partial charge in [-0.1, -0.05) is 26.2 Å². The Hall–Kier alpha value is -1.19. The molecule has 1 heterocycles. The number of hydrogen-bond acceptors (Lipinski definition) is 3. The van der Waals surface area contributed by atoms with Crippen LogP contribution in [0.4, 0.5) is 11.5 Å². The van der Waals surface area contributed by atoms with Gasteiger partial charge in [0.25, 0.3) is 0 Å². The van der Waals surface area contributed by atoms with Crippen molar-refractivity contribution in [2.45, 2.75) is 59.4 Å². The Labute approximate surface area is 110 Å². The first-order valence-electron chi connectivity index (χ1n) is 7.12. The summed E-state index contributed by atoms with van der Waals surface area (Å²) < 4.78 is 1.97. The third-order valence-electron chi connectivity index (χ3n) is 4.22. The number of aryl methyl sites for hydroxylation is 2. The number of anilines is 2. The molecule has 1 fully saturated rings. The van der Waals surface area contributed by atoms with E-state index in [1.165, 1.54) is 32.1 Å². The van der Waals surface area contributed by atoms with E-state index in [0.717, 1.165) is 30.3 Å². The van der Waals surface area contributed by atoms with Gasteiger partial charge in [0.15, 0.2) is 0 Å². The van der Waals surface area contributed by atoms with Crippen molar-refractivity contribution in [3.8, 4) is 0 Å². The Bertz CT molecular complexity index is 402. The van der Waals surface area contributed by atoms with Gasteiger partial charge in [-0.3, -0.25) is 0 Å². The molecule has 1 saturated carbocycles. The first-order chi connectivity index (χ1) is 8.56. The number of nitrogens with two attached hydrogens (primary N) is 1. The fourth-order valence-electron chi connectivity index (χ4n) is 2.89. The largest absolute Gasteiger partial charge is 0.394 e. The lowest BCUT2D eigenvalue weighted by Gasteiger charge is -2.34. The van der Waals surface area contributed by atoms with Crippen LogP contribution in [0.5, 0.6) is 0 Å². The molecule has 0 radical (unpaired) electrons. The quantitative estimate of drug-likeness (QED) is 0.863. The Balaban J connectivity index is 2.05. The average Bonchev–Trinajstić information content (AvgIpc) is 2.64. The molecular formula is C14H26N4. The van der Waals surface area contributed by atoms with Gasteiger partial charge in [-0.15, -0.1) is 0 Å². The molecule has 0 atom stereocenters. The van der Waals surface area contributed by atoms with Gasteiger partial charge < -0.3 is 11.1 Å². The number of nitrogens with zero attached hydrogens (tertiary/aromatic N) is 2. The molecule has 102 valence electrons. The third kappa shape index (κ3) is 2.62. The maximum atomic E-state index is 6.09. The maximum Gasteiger partial charge on any atom is 0.148 e. The summed E-state index contributed by atoms with van der Waals surface area (Å²) in [6.07, 6.45) is 6.75. The number of hydrogen-bond donors (Lipinski definition) is 2. The van der Waals surface area contributed by atoms with Gasteiger partial charge >= 0.3 is 0 Å². The second kappa shape index (κ2) is 5.21. The fourth-order valence-corrected chi connectivity index (χ4v) is 2.89. The average molecular weight is 250 g/mol. The predicted octanol–water partition coefficient (Wildman–Crippen LogP) is 3.18. The molecule has 0 spiro atoms. The van der Waals surface area contributed by atoms with Crippen LogP contribution >= 0.6 is 0 Å². The van der Waals surface area contributed by atoms with Crippen LogP contribution in [0.25, 0.3) is 0 Å². The Morgan fingerprint density at radius 1 is 1.33 bits per heavy atom. The number of nitrogens with one attached hydrogen (secondary N) is 1. The van der Waals surface area contributed by atoms with Crippen LogP contribution in [0.2, 0.25) is 0 Å². The SMILES string of the molecule is CCn1nc(C)c(N)c1NCC1(C)CCCCC1. The van der Waals surface area contributed by atoms with Crippen LogP contribution in [0.15, 0.2) is 0 Å². The van der Waals surface area contributed by atoms with Crippen molar-refractivity contribution in [1.82, 2.24) is 9.78 Å². The molecule has 0 aromatic carbocycles. The van der Waals surface area contributed by atoms with Crippen LogP contribution in [-0.4, -0.2) is 16.3 Å². The molecule has 4 nitrogen and oxygen atoms in total. The zero-order valence-corrected chi connectivity index (χ0v) is 11.9. The summed E-state index contributed by atoms with van der Waals surface area (Å²) in [4.78, 5) is 0. The Morgan fingerprint density at radius 2 is 2.00 bits per heavy atom. The molecule has 1 aromatic heterocycles. The molecule has 18 heavy (non-hydrogen) atoms. The highest BCUT2D eigenvalue weighted by molar-refractivity contribution is 5.64. The zero-order chi connectivity index (χ0) is 13.2. The first-order valence-corrected chi connectivity index (χ1v) is 7.12. The van der Waals surface area contributed by atoms with Gasteiger partial charge in [0, 0.05) is 13.1 Å². The van der Waals surface area contributed by atoms with Crippen molar-refractivity contribution < 1.29 is 0 Å². The molecule has 0 aliphatic heterocycles. The van der Waals surface area contributed by atoms with Gasteiger partial charge in [-0.25, -0.2) is 4.68 Å². The van der Waals surface area contributed by atoms with Gasteiger partial charge in [0.05, 0.1) is 11.4 Å². The maximum absolute atomic E-state index is 6.09. The molecule has 1 aromatic rings. The summed E-state index contributed by atoms with van der Waals surface area (Å²) in [5.41, 5.74) is 8.24. The Kier molecular flexibility index (Phi) is 3.83. The molecule has 0 unspecified atom stereocenters. The molecular weight excluding hydrogens is 224 g/mol. The van der Waals surface area contributed by atoms with E-state index >= 15 is 0 Å². The van der Waals surface area contributed by atoms with Crippen molar-refractivity contribution in [2.24, 2.45) is 5.41 Å². The van der Waals surface area contributed by atoms with Crippen molar-refractivity contribution in [3.05, 3.63) is 5.69 Å². The van der Waals surface area contributed by atoms with E-state index in [-0.39, 0.29) is 0 Å². The monoisotopic (exact) mass is 250 g/mol. The van der Waals surface area contributed by atoms with Crippen molar-refractivity contribution in [3.63, 3.8) is 0 Å². The lowest BCUT2D eigenvalue weighted by molar-refractivity contribution is 0.233. The standard InChI is InChI=1S/C14H26N4/c1-4-18-13(12(15)11(2)17-18)16-10-14(3)8-6-5-7-9-14/h16H,4-10,15H2,1-3H3. The van der Waals surface area contributed by atoms with Gasteiger partial charge in [-0.2, -0.15) is 5.10 Å². The normalized spacial score (nSPS) is 18.8. The van der Waals surface area contributed by atoms with Gasteiger partial charge in [-0.05, 0) is 32.1 Å². The number of nitrogen functional groups attached to an aromatic ring is 1. The zero-order valence-electron chi connectivity index (χ0n) is 11.9. The topological polar surface area (TPSA) is 55.9 Å². The smallest absolute Gasteiger partial charge is 0.148 e. The van der Waals surface area contributed by atoms with Crippen LogP contribution in [0, 0.1) is 12.3 Å². The van der Waals surface area contributed by atoms with E-state index in [4.69, 9.17) is 5.73 Å². The van der Waals surface area contributed by atoms with Crippen molar-refractivity contribution >= 4 is 11.5 Å². The molecule has 1 aliphatic rings. The van der Waals surface area contributed by atoms with E-state index < -0.39 is 0 Å². The van der Waals surface area contributed by atoms with E-state index in [9.17, 15) is 0 Å². The van der Waals surface area contributed by atoms with E-state index in [1.54, 1.807) is 0 Å². The summed E-state index contributed by atoms with van der Waals surface area (Å²) >= 11 is 0. The fraction of sp³-hybridized carbons (Fsp3) is 0.786. The van der Waals surface area contributed by atoms with Crippen LogP contribution in [0.3, 0.4) is 0 Å². The minimum atomic E-state index is 0.418. The Morgan fingerprint density at radius 3 is 2.61 bits per heavy atom. The lowest BCUT2D eigenvalue weighted by Crippen LogP contribution is -2.29. The van der Waals surface area contributed by atoms with E-state index in [0.29, 0.717) is 5.41 Å². The molecule has 0 amide bonds. The highest BCUT2D eigenvalue weighted by atomic mass is 15.3. The molecule has 0 saturated heterocycles. The molecule has 3 N–H and O–H groups in total. The minimum absolute atomic E-state index is 0.418. The predicted molar refractivity (Wildman–Crippen MR) is 76.7 cm³/mol. The molecule has 0 bridgehead atoms. The summed E-state index contributed by atoms with van der Waals surface area (Å²) in [6.45, 7) is 8.31. The summed E-state index contributed by atoms with van der Waals surface area (Å²) in [5.74, 6) is 1.00. The van der Waals surface area contributed by atoms with E-state index in [2.05, 4.69) is 24.3 Å². The second-order valence-corrected chi connectivity index (χ2v) is 5.89. The lowest BCUT2D eigenvalue weighted by atomic mass is 9.76. The van der Waals surface area contributed by atoms with Crippen LogP contribution in [-0.2, 0) is 6.54 Å². The first kappa shape index (κ1) is 13.2. The highest BCUT2D eigenvalue weighted by Crippen LogP contribution is 2.36. The number of rotatable bonds is 4. The van der Waals surface area contributed by atoms with E-state index in [1.807, 2.05) is 11.6 Å². The van der Waals surface area contributed by atoms with Gasteiger partial charge in [0.2, 0.25) is 0 Å². The van der Waals surface area contributed by atoms with Crippen LogP contribution < -0.4 is 11.1 Å². The van der Waals surface area contributed by atoms with Gasteiger partial charge in [0.1, 0.15) is 5.82 Å². The van der Waals surface area contributed by atoms with Crippen molar-refractivity contribution in [1.29, 1.82) is 0 Å². The summed E-state index contributed by atoms with van der Waals surface area (Å²) in [6, 6.07) is 0. The van der Waals surface area contributed by atoms with Crippen molar-refractivity contribution in [2.75, 3.05) is 17.6 Å². The third-order valence-corrected chi connectivity index (χ3v) is 4.22. The number of aromatic nitrogens is 2. The van der Waals surface area contributed by atoms with Crippen LogP contribution in [0.1, 0.15) is 51.6 Å². The minimum Gasteiger partial charge on any atom is -0.394 e. The summed E-state index contributed by atoms with van der Waals surface area (Å²) in [5, 5.41) is 7.98. The summed E-state index contributed by atoms with van der Waals surface area (Å²) in [7, 11) is 0. The second-order valence-electron chi connectivity index (χ2n) is 5.89. The molecule has 1 aliphatic carbocycles.